The van der Waals surface area contributed by atoms with Crippen molar-refractivity contribution in [1.82, 2.24) is 9.55 Å². The molecule has 0 radical (unpaired) electrons. The van der Waals surface area contributed by atoms with Gasteiger partial charge in [-0.3, -0.25) is 4.98 Å². The number of pyridine rings is 1. The van der Waals surface area contributed by atoms with Crippen LogP contribution in [0.1, 0.15) is 16.1 Å². The highest BCUT2D eigenvalue weighted by Crippen LogP contribution is 2.29. The van der Waals surface area contributed by atoms with Gasteiger partial charge in [0, 0.05) is 29.2 Å². The largest absolute Gasteiger partial charge is 0.477 e. The van der Waals surface area contributed by atoms with E-state index in [1.165, 1.54) is 4.70 Å². The average molecular weight is 369 g/mol. The Hall–Kier alpha value is -2.63. The number of rotatable bonds is 4. The molecule has 0 spiro atoms. The Kier molecular flexibility index (Phi) is 4.03. The van der Waals surface area contributed by atoms with Crippen LogP contribution in [0.15, 0.2) is 60.2 Å². The molecule has 4 rings (SSSR count). The Morgan fingerprint density at radius 1 is 1.20 bits per heavy atom. The highest BCUT2D eigenvalue weighted by atomic mass is 35.5. The van der Waals surface area contributed by atoms with Crippen LogP contribution in [-0.2, 0) is 6.54 Å². The molecule has 6 heteroatoms. The van der Waals surface area contributed by atoms with Gasteiger partial charge in [0.2, 0.25) is 0 Å². The molecule has 0 saturated carbocycles. The first kappa shape index (κ1) is 15.9. The Morgan fingerprint density at radius 3 is 2.88 bits per heavy atom. The van der Waals surface area contributed by atoms with Crippen LogP contribution in [0.4, 0.5) is 0 Å². The van der Waals surface area contributed by atoms with Gasteiger partial charge in [-0.15, -0.1) is 11.3 Å². The highest BCUT2D eigenvalue weighted by Gasteiger charge is 2.17. The Balaban J connectivity index is 1.86. The molecule has 0 fully saturated rings. The van der Waals surface area contributed by atoms with E-state index < -0.39 is 5.97 Å². The van der Waals surface area contributed by atoms with E-state index in [4.69, 9.17) is 11.6 Å². The van der Waals surface area contributed by atoms with E-state index in [0.29, 0.717) is 11.6 Å². The minimum atomic E-state index is -0.959. The Labute approximate surface area is 152 Å². The van der Waals surface area contributed by atoms with Crippen LogP contribution in [-0.4, -0.2) is 20.6 Å². The van der Waals surface area contributed by atoms with Crippen LogP contribution >= 0.6 is 22.9 Å². The molecule has 3 heterocycles. The molecule has 0 atom stereocenters. The van der Waals surface area contributed by atoms with Gasteiger partial charge in [-0.2, -0.15) is 0 Å². The van der Waals surface area contributed by atoms with E-state index in [9.17, 15) is 9.90 Å². The summed E-state index contributed by atoms with van der Waals surface area (Å²) in [5.74, 6) is -0.959. The molecule has 0 aliphatic carbocycles. The zero-order valence-electron chi connectivity index (χ0n) is 13.0. The fourth-order valence-electron chi connectivity index (χ4n) is 2.98. The molecule has 124 valence electrons. The molecule has 0 aliphatic heterocycles. The van der Waals surface area contributed by atoms with Crippen LogP contribution in [0.25, 0.3) is 21.3 Å². The second-order valence-corrected chi connectivity index (χ2v) is 7.00. The maximum Gasteiger partial charge on any atom is 0.352 e. The Bertz CT molecular complexity index is 1080. The average Bonchev–Trinajstić information content (AvgIpc) is 3.22. The van der Waals surface area contributed by atoms with Crippen molar-refractivity contribution in [2.24, 2.45) is 0 Å². The molecule has 0 aliphatic rings. The summed E-state index contributed by atoms with van der Waals surface area (Å²) in [7, 11) is 0. The number of aromatic nitrogens is 2. The first-order valence-electron chi connectivity index (χ1n) is 7.62. The molecule has 4 nitrogen and oxygen atoms in total. The van der Waals surface area contributed by atoms with Crippen molar-refractivity contribution in [3.05, 3.63) is 76.5 Å². The lowest BCUT2D eigenvalue weighted by Gasteiger charge is -2.13. The monoisotopic (exact) mass is 368 g/mol. The summed E-state index contributed by atoms with van der Waals surface area (Å²) >= 11 is 7.71. The number of carbonyl (C=O) groups is 1. The van der Waals surface area contributed by atoms with E-state index in [2.05, 4.69) is 17.1 Å². The first-order chi connectivity index (χ1) is 12.1. The number of hydrogen-bond acceptors (Lipinski definition) is 3. The molecular formula is C19H13ClN2O2S. The number of benzene rings is 1. The van der Waals surface area contributed by atoms with Crippen LogP contribution < -0.4 is 0 Å². The summed E-state index contributed by atoms with van der Waals surface area (Å²) < 4.78 is 2.96. The predicted octanol–water partition coefficient (Wildman–Crippen LogP) is 5.16. The maximum absolute atomic E-state index is 11.7. The minimum Gasteiger partial charge on any atom is -0.477 e. The van der Waals surface area contributed by atoms with Gasteiger partial charge in [-0.1, -0.05) is 29.8 Å². The molecule has 3 aromatic heterocycles. The fourth-order valence-corrected chi connectivity index (χ4v) is 4.06. The van der Waals surface area contributed by atoms with Gasteiger partial charge in [0.15, 0.2) is 0 Å². The third kappa shape index (κ3) is 2.92. The molecule has 1 aromatic carbocycles. The lowest BCUT2D eigenvalue weighted by atomic mass is 10.1. The van der Waals surface area contributed by atoms with Crippen LogP contribution in [0, 0.1) is 0 Å². The van der Waals surface area contributed by atoms with Gasteiger partial charge < -0.3 is 9.67 Å². The van der Waals surface area contributed by atoms with Gasteiger partial charge in [-0.25, -0.2) is 4.79 Å². The first-order valence-corrected chi connectivity index (χ1v) is 8.88. The van der Waals surface area contributed by atoms with Crippen LogP contribution in [0.5, 0.6) is 0 Å². The third-order valence-electron chi connectivity index (χ3n) is 4.09. The highest BCUT2D eigenvalue weighted by molar-refractivity contribution is 7.17. The van der Waals surface area contributed by atoms with Crippen molar-refractivity contribution >= 4 is 39.0 Å². The van der Waals surface area contributed by atoms with E-state index >= 15 is 0 Å². The topological polar surface area (TPSA) is 55.1 Å². The lowest BCUT2D eigenvalue weighted by molar-refractivity contribution is 0.0686. The van der Waals surface area contributed by atoms with E-state index in [1.807, 2.05) is 17.5 Å². The molecule has 0 amide bonds. The normalized spacial score (nSPS) is 11.1. The van der Waals surface area contributed by atoms with Gasteiger partial charge >= 0.3 is 5.97 Å². The summed E-state index contributed by atoms with van der Waals surface area (Å²) in [6.07, 6.45) is 3.25. The minimum absolute atomic E-state index is 0.239. The van der Waals surface area contributed by atoms with Crippen molar-refractivity contribution in [3.63, 3.8) is 0 Å². The summed E-state index contributed by atoms with van der Waals surface area (Å²) in [5, 5.41) is 13.3. The predicted molar refractivity (Wildman–Crippen MR) is 101 cm³/mol. The molecule has 0 unspecified atom stereocenters. The SMILES string of the molecule is O=C(O)c1ccc(-c2cncc(Cl)c2)n1Cc1cccc2ccsc12. The van der Waals surface area contributed by atoms with Crippen LogP contribution in [0.3, 0.4) is 0 Å². The number of thiophene rings is 1. The van der Waals surface area contributed by atoms with Crippen molar-refractivity contribution in [3.8, 4) is 11.3 Å². The number of hydrogen-bond donors (Lipinski definition) is 1. The summed E-state index contributed by atoms with van der Waals surface area (Å²) in [6.45, 7) is 0.467. The van der Waals surface area contributed by atoms with E-state index in [-0.39, 0.29) is 5.69 Å². The van der Waals surface area contributed by atoms with Crippen molar-refractivity contribution in [2.75, 3.05) is 0 Å². The number of fused-ring (bicyclic) bond motifs is 1. The standard InChI is InChI=1S/C19H13ClN2O2S/c20-15-8-14(9-21-10-15)16-4-5-17(19(23)24)22(16)11-13-3-1-2-12-6-7-25-18(12)13/h1-10H,11H2,(H,23,24). The third-order valence-corrected chi connectivity index (χ3v) is 5.30. The van der Waals surface area contributed by atoms with E-state index in [0.717, 1.165) is 22.2 Å². The zero-order chi connectivity index (χ0) is 17.4. The number of nitrogens with zero attached hydrogens (tertiary/aromatic N) is 2. The molecular weight excluding hydrogens is 356 g/mol. The van der Waals surface area contributed by atoms with Crippen LogP contribution in [0.2, 0.25) is 5.02 Å². The van der Waals surface area contributed by atoms with E-state index in [1.54, 1.807) is 46.5 Å². The molecule has 1 N–H and O–H groups in total. The smallest absolute Gasteiger partial charge is 0.352 e. The number of aromatic carboxylic acids is 1. The van der Waals surface area contributed by atoms with Gasteiger partial charge in [-0.05, 0) is 40.6 Å². The molecule has 0 bridgehead atoms. The van der Waals surface area contributed by atoms with Gasteiger partial charge in [0.05, 0.1) is 10.7 Å². The zero-order valence-corrected chi connectivity index (χ0v) is 14.6. The quantitative estimate of drug-likeness (QED) is 0.541. The van der Waals surface area contributed by atoms with Crippen molar-refractivity contribution in [1.29, 1.82) is 0 Å². The second-order valence-electron chi connectivity index (χ2n) is 5.64. The molecule has 25 heavy (non-hydrogen) atoms. The fraction of sp³-hybridized carbons (Fsp3) is 0.0526. The van der Waals surface area contributed by atoms with Crippen molar-refractivity contribution < 1.29 is 9.90 Å². The number of carboxylic acid groups (broad SMARTS) is 1. The summed E-state index contributed by atoms with van der Waals surface area (Å²) in [6, 6.07) is 13.4. The number of halogens is 1. The van der Waals surface area contributed by atoms with Crippen molar-refractivity contribution in [2.45, 2.75) is 6.54 Å². The maximum atomic E-state index is 11.7. The number of carboxylic acids is 1. The molecule has 0 saturated heterocycles. The van der Waals surface area contributed by atoms with Gasteiger partial charge in [0.25, 0.3) is 0 Å². The lowest BCUT2D eigenvalue weighted by Crippen LogP contribution is -2.10. The van der Waals surface area contributed by atoms with Gasteiger partial charge in [0.1, 0.15) is 5.69 Å². The summed E-state index contributed by atoms with van der Waals surface area (Å²) in [5.41, 5.74) is 2.89. The Morgan fingerprint density at radius 2 is 2.08 bits per heavy atom. The second kappa shape index (κ2) is 6.35. The molecule has 4 aromatic rings. The summed E-state index contributed by atoms with van der Waals surface area (Å²) in [4.78, 5) is 15.8.